The summed E-state index contributed by atoms with van der Waals surface area (Å²) in [6.45, 7) is 1.76. The maximum absolute atomic E-state index is 12.6. The Labute approximate surface area is 140 Å². The molecule has 0 radical (unpaired) electrons. The van der Waals surface area contributed by atoms with Crippen molar-refractivity contribution in [3.8, 4) is 5.75 Å². The highest BCUT2D eigenvalue weighted by Gasteiger charge is 2.23. The normalized spacial score (nSPS) is 12.9. The molecule has 0 spiro atoms. The first kappa shape index (κ1) is 17.0. The Morgan fingerprint density at radius 1 is 1.14 bits per heavy atom. The standard InChI is InChI=1S/C17H19BrO3S/c1-13(8-9-14-6-4-3-5-7-14)22(19,20)15-10-11-17(21-2)16(18)12-15/h3-7,10-13H,8-9H2,1-2H3. The van der Waals surface area contributed by atoms with E-state index in [1.807, 2.05) is 30.3 Å². The fraction of sp³-hybridized carbons (Fsp3) is 0.294. The fourth-order valence-electron chi connectivity index (χ4n) is 2.23. The maximum atomic E-state index is 12.6. The first-order chi connectivity index (χ1) is 10.4. The van der Waals surface area contributed by atoms with Crippen LogP contribution in [0.3, 0.4) is 0 Å². The van der Waals surface area contributed by atoms with Gasteiger partial charge in [-0.25, -0.2) is 8.42 Å². The number of halogens is 1. The molecule has 0 amide bonds. The summed E-state index contributed by atoms with van der Waals surface area (Å²) in [5.74, 6) is 0.621. The Kier molecular flexibility index (Phi) is 5.64. The van der Waals surface area contributed by atoms with Crippen LogP contribution in [-0.4, -0.2) is 20.8 Å². The van der Waals surface area contributed by atoms with Gasteiger partial charge in [-0.2, -0.15) is 0 Å². The second kappa shape index (κ2) is 7.29. The van der Waals surface area contributed by atoms with E-state index >= 15 is 0 Å². The average molecular weight is 383 g/mol. The molecule has 0 bridgehead atoms. The van der Waals surface area contributed by atoms with E-state index in [9.17, 15) is 8.42 Å². The third-order valence-corrected chi connectivity index (χ3v) is 6.49. The third-order valence-electron chi connectivity index (χ3n) is 3.66. The average Bonchev–Trinajstić information content (AvgIpc) is 2.53. The van der Waals surface area contributed by atoms with Crippen LogP contribution in [0.25, 0.3) is 0 Å². The summed E-state index contributed by atoms with van der Waals surface area (Å²) in [7, 11) is -1.79. The molecule has 1 atom stereocenters. The Hall–Kier alpha value is -1.33. The summed E-state index contributed by atoms with van der Waals surface area (Å²) in [4.78, 5) is 0.320. The largest absolute Gasteiger partial charge is 0.496 e. The van der Waals surface area contributed by atoms with Gasteiger partial charge in [0.05, 0.1) is 21.7 Å². The molecule has 2 aromatic rings. The first-order valence-corrected chi connectivity index (χ1v) is 9.40. The molecule has 0 heterocycles. The lowest BCUT2D eigenvalue weighted by Crippen LogP contribution is -2.19. The van der Waals surface area contributed by atoms with Gasteiger partial charge in [0.1, 0.15) is 5.75 Å². The van der Waals surface area contributed by atoms with E-state index in [0.29, 0.717) is 21.5 Å². The van der Waals surface area contributed by atoms with Crippen molar-refractivity contribution in [2.24, 2.45) is 0 Å². The van der Waals surface area contributed by atoms with Crippen LogP contribution in [-0.2, 0) is 16.3 Å². The Balaban J connectivity index is 2.13. The van der Waals surface area contributed by atoms with Crippen LogP contribution in [0.2, 0.25) is 0 Å². The predicted octanol–water partition coefficient (Wildman–Crippen LogP) is 4.25. The molecule has 1 unspecified atom stereocenters. The van der Waals surface area contributed by atoms with Crippen molar-refractivity contribution in [3.05, 3.63) is 58.6 Å². The molecule has 0 aliphatic heterocycles. The first-order valence-electron chi connectivity index (χ1n) is 7.06. The van der Waals surface area contributed by atoms with Crippen molar-refractivity contribution in [2.45, 2.75) is 29.9 Å². The van der Waals surface area contributed by atoms with Crippen LogP contribution in [0.4, 0.5) is 0 Å². The smallest absolute Gasteiger partial charge is 0.181 e. The van der Waals surface area contributed by atoms with Gasteiger partial charge < -0.3 is 4.74 Å². The molecule has 0 aliphatic rings. The number of benzene rings is 2. The van der Waals surface area contributed by atoms with E-state index in [4.69, 9.17) is 4.74 Å². The number of hydrogen-bond donors (Lipinski definition) is 0. The highest BCUT2D eigenvalue weighted by atomic mass is 79.9. The van der Waals surface area contributed by atoms with E-state index in [1.54, 1.807) is 32.2 Å². The van der Waals surface area contributed by atoms with Gasteiger partial charge in [-0.1, -0.05) is 30.3 Å². The second-order valence-corrected chi connectivity index (χ2v) is 8.40. The molecule has 2 rings (SSSR count). The molecule has 118 valence electrons. The van der Waals surface area contributed by atoms with Crippen LogP contribution < -0.4 is 4.74 Å². The van der Waals surface area contributed by atoms with Crippen LogP contribution in [0, 0.1) is 0 Å². The number of sulfone groups is 1. The molecule has 0 N–H and O–H groups in total. The molecular weight excluding hydrogens is 364 g/mol. The molecule has 3 nitrogen and oxygen atoms in total. The van der Waals surface area contributed by atoms with Crippen molar-refractivity contribution >= 4 is 25.8 Å². The molecule has 2 aromatic carbocycles. The molecule has 0 aliphatic carbocycles. The molecule has 0 fully saturated rings. The zero-order valence-electron chi connectivity index (χ0n) is 12.6. The van der Waals surface area contributed by atoms with E-state index in [-0.39, 0.29) is 0 Å². The van der Waals surface area contributed by atoms with Crippen LogP contribution >= 0.6 is 15.9 Å². The lowest BCUT2D eigenvalue weighted by atomic mass is 10.1. The summed E-state index contributed by atoms with van der Waals surface area (Å²) < 4.78 is 31.1. The highest BCUT2D eigenvalue weighted by molar-refractivity contribution is 9.10. The maximum Gasteiger partial charge on any atom is 0.181 e. The molecular formula is C17H19BrO3S. The van der Waals surface area contributed by atoms with Gasteiger partial charge in [0.2, 0.25) is 0 Å². The Bertz CT molecular complexity index is 727. The zero-order chi connectivity index (χ0) is 16.2. The van der Waals surface area contributed by atoms with Crippen molar-refractivity contribution in [1.82, 2.24) is 0 Å². The highest BCUT2D eigenvalue weighted by Crippen LogP contribution is 2.29. The zero-order valence-corrected chi connectivity index (χ0v) is 15.0. The molecule has 0 saturated heterocycles. The quantitative estimate of drug-likeness (QED) is 0.749. The van der Waals surface area contributed by atoms with E-state index in [2.05, 4.69) is 15.9 Å². The van der Waals surface area contributed by atoms with Gasteiger partial charge in [0.15, 0.2) is 9.84 Å². The summed E-state index contributed by atoms with van der Waals surface area (Å²) in [6.07, 6.45) is 1.34. The number of rotatable bonds is 6. The van der Waals surface area contributed by atoms with Gasteiger partial charge in [0.25, 0.3) is 0 Å². The number of hydrogen-bond acceptors (Lipinski definition) is 3. The third kappa shape index (κ3) is 3.90. The lowest BCUT2D eigenvalue weighted by molar-refractivity contribution is 0.411. The minimum absolute atomic E-state index is 0.320. The van der Waals surface area contributed by atoms with Gasteiger partial charge in [-0.3, -0.25) is 0 Å². The Morgan fingerprint density at radius 2 is 1.82 bits per heavy atom. The summed E-state index contributed by atoms with van der Waals surface area (Å²) in [5.41, 5.74) is 1.15. The fourth-order valence-corrected chi connectivity index (χ4v) is 4.35. The summed E-state index contributed by atoms with van der Waals surface area (Å²) in [5, 5.41) is -0.437. The predicted molar refractivity (Wildman–Crippen MR) is 92.1 cm³/mol. The minimum atomic E-state index is -3.34. The molecule has 5 heteroatoms. The second-order valence-electron chi connectivity index (χ2n) is 5.18. The van der Waals surface area contributed by atoms with Gasteiger partial charge >= 0.3 is 0 Å². The summed E-state index contributed by atoms with van der Waals surface area (Å²) >= 11 is 3.34. The molecule has 0 saturated carbocycles. The number of ether oxygens (including phenoxy) is 1. The van der Waals surface area contributed by atoms with Gasteiger partial charge in [-0.05, 0) is 59.5 Å². The van der Waals surface area contributed by atoms with Crippen LogP contribution in [0.5, 0.6) is 5.75 Å². The minimum Gasteiger partial charge on any atom is -0.496 e. The SMILES string of the molecule is COc1ccc(S(=O)(=O)C(C)CCc2ccccc2)cc1Br. The number of methoxy groups -OCH3 is 1. The van der Waals surface area contributed by atoms with Crippen molar-refractivity contribution in [2.75, 3.05) is 7.11 Å². The summed E-state index contributed by atoms with van der Waals surface area (Å²) in [6, 6.07) is 14.8. The monoisotopic (exact) mass is 382 g/mol. The topological polar surface area (TPSA) is 43.4 Å². The van der Waals surface area contributed by atoms with Crippen molar-refractivity contribution in [3.63, 3.8) is 0 Å². The lowest BCUT2D eigenvalue weighted by Gasteiger charge is -2.14. The van der Waals surface area contributed by atoms with Crippen molar-refractivity contribution in [1.29, 1.82) is 0 Å². The van der Waals surface area contributed by atoms with E-state index in [0.717, 1.165) is 12.0 Å². The van der Waals surface area contributed by atoms with Crippen LogP contribution in [0.15, 0.2) is 57.9 Å². The van der Waals surface area contributed by atoms with Crippen molar-refractivity contribution < 1.29 is 13.2 Å². The van der Waals surface area contributed by atoms with Gasteiger partial charge in [0, 0.05) is 0 Å². The van der Waals surface area contributed by atoms with E-state index < -0.39 is 15.1 Å². The molecule has 0 aromatic heterocycles. The Morgan fingerprint density at radius 3 is 2.41 bits per heavy atom. The number of aryl methyl sites for hydroxylation is 1. The van der Waals surface area contributed by atoms with Gasteiger partial charge in [-0.15, -0.1) is 0 Å². The van der Waals surface area contributed by atoms with Crippen LogP contribution in [0.1, 0.15) is 18.9 Å². The molecule has 22 heavy (non-hydrogen) atoms. The van der Waals surface area contributed by atoms with E-state index in [1.165, 1.54) is 0 Å².